The number of amides is 1. The van der Waals surface area contributed by atoms with Gasteiger partial charge in [0.15, 0.2) is 11.0 Å². The van der Waals surface area contributed by atoms with Crippen molar-refractivity contribution in [2.75, 3.05) is 19.9 Å². The summed E-state index contributed by atoms with van der Waals surface area (Å²) in [6, 6.07) is 21.7. The molecular weight excluding hydrogens is 428 g/mol. The van der Waals surface area contributed by atoms with Gasteiger partial charge in [0.25, 0.3) is 0 Å². The molecule has 0 aliphatic carbocycles. The van der Waals surface area contributed by atoms with Gasteiger partial charge in [0.2, 0.25) is 5.91 Å². The van der Waals surface area contributed by atoms with Crippen LogP contribution in [0.25, 0.3) is 17.1 Å². The van der Waals surface area contributed by atoms with Gasteiger partial charge < -0.3 is 9.64 Å². The molecule has 31 heavy (non-hydrogen) atoms. The highest BCUT2D eigenvalue weighted by Crippen LogP contribution is 2.29. The van der Waals surface area contributed by atoms with Crippen LogP contribution in [0.3, 0.4) is 0 Å². The van der Waals surface area contributed by atoms with Gasteiger partial charge in [-0.3, -0.25) is 9.36 Å². The van der Waals surface area contributed by atoms with E-state index in [0.717, 1.165) is 21.9 Å². The standard InChI is InChI=1S/C23H22N4O2S2/c1-26(15-20-12-7-13-30-20)21(28)16-31-23-25-24-22(17-8-6-11-19(14-17)29-2)27(23)18-9-4-3-5-10-18/h3-14H,15-16H2,1-2H3. The number of para-hydroxylation sites is 1. The molecule has 8 heteroatoms. The molecule has 4 rings (SSSR count). The zero-order valence-corrected chi connectivity index (χ0v) is 18.9. The number of rotatable bonds is 8. The molecule has 0 aliphatic rings. The molecule has 4 aromatic rings. The number of carbonyl (C=O) groups is 1. The van der Waals surface area contributed by atoms with Crippen LogP contribution in [0.1, 0.15) is 4.88 Å². The quantitative estimate of drug-likeness (QED) is 0.363. The van der Waals surface area contributed by atoms with Gasteiger partial charge in [-0.1, -0.05) is 48.2 Å². The second-order valence-electron chi connectivity index (χ2n) is 6.83. The Hall–Kier alpha value is -3.10. The van der Waals surface area contributed by atoms with Crippen LogP contribution in [-0.4, -0.2) is 45.5 Å². The fraction of sp³-hybridized carbons (Fsp3) is 0.174. The summed E-state index contributed by atoms with van der Waals surface area (Å²) >= 11 is 3.04. The SMILES string of the molecule is COc1cccc(-c2nnc(SCC(=O)N(C)Cc3cccs3)n2-c2ccccc2)c1. The Labute approximate surface area is 189 Å². The van der Waals surface area contributed by atoms with Crippen LogP contribution < -0.4 is 4.74 Å². The van der Waals surface area contributed by atoms with Crippen molar-refractivity contribution in [3.63, 3.8) is 0 Å². The van der Waals surface area contributed by atoms with Crippen LogP contribution in [-0.2, 0) is 11.3 Å². The third-order valence-corrected chi connectivity index (χ3v) is 6.47. The van der Waals surface area contributed by atoms with E-state index in [2.05, 4.69) is 10.2 Å². The summed E-state index contributed by atoms with van der Waals surface area (Å²) in [6.45, 7) is 0.609. The number of thiophene rings is 1. The van der Waals surface area contributed by atoms with E-state index >= 15 is 0 Å². The molecule has 0 aliphatic heterocycles. The van der Waals surface area contributed by atoms with Crippen molar-refractivity contribution in [1.29, 1.82) is 0 Å². The zero-order valence-electron chi connectivity index (χ0n) is 17.3. The number of benzene rings is 2. The average molecular weight is 451 g/mol. The molecule has 2 heterocycles. The molecule has 0 fully saturated rings. The van der Waals surface area contributed by atoms with Gasteiger partial charge in [-0.15, -0.1) is 21.5 Å². The van der Waals surface area contributed by atoms with Crippen molar-refractivity contribution >= 4 is 29.0 Å². The maximum absolute atomic E-state index is 12.7. The Morgan fingerprint density at radius 1 is 1.10 bits per heavy atom. The number of nitrogens with zero attached hydrogens (tertiary/aromatic N) is 4. The molecule has 6 nitrogen and oxygen atoms in total. The Morgan fingerprint density at radius 3 is 2.68 bits per heavy atom. The minimum atomic E-state index is 0.0453. The molecule has 0 radical (unpaired) electrons. The summed E-state index contributed by atoms with van der Waals surface area (Å²) in [6.07, 6.45) is 0. The van der Waals surface area contributed by atoms with Gasteiger partial charge in [0.1, 0.15) is 5.75 Å². The minimum absolute atomic E-state index is 0.0453. The highest BCUT2D eigenvalue weighted by atomic mass is 32.2. The fourth-order valence-corrected chi connectivity index (χ4v) is 4.73. The van der Waals surface area contributed by atoms with Crippen molar-refractivity contribution < 1.29 is 9.53 Å². The average Bonchev–Trinajstić information content (AvgIpc) is 3.48. The number of thioether (sulfide) groups is 1. The highest BCUT2D eigenvalue weighted by Gasteiger charge is 2.19. The molecule has 0 atom stereocenters. The molecule has 1 amide bonds. The fourth-order valence-electron chi connectivity index (χ4n) is 3.08. The van der Waals surface area contributed by atoms with Gasteiger partial charge in [-0.2, -0.15) is 0 Å². The number of aromatic nitrogens is 3. The summed E-state index contributed by atoms with van der Waals surface area (Å²) in [5.41, 5.74) is 1.83. The number of carbonyl (C=O) groups excluding carboxylic acids is 1. The topological polar surface area (TPSA) is 60.3 Å². The second-order valence-corrected chi connectivity index (χ2v) is 8.80. The lowest BCUT2D eigenvalue weighted by Crippen LogP contribution is -2.27. The molecule has 0 saturated carbocycles. The Kier molecular flexibility index (Phi) is 6.69. The maximum Gasteiger partial charge on any atom is 0.233 e. The predicted octanol–water partition coefficient (Wildman–Crippen LogP) is 4.76. The van der Waals surface area contributed by atoms with Crippen LogP contribution in [0, 0.1) is 0 Å². The maximum atomic E-state index is 12.7. The Bertz CT molecular complexity index is 1140. The van der Waals surface area contributed by atoms with E-state index in [1.54, 1.807) is 23.3 Å². The van der Waals surface area contributed by atoms with Crippen LogP contribution >= 0.6 is 23.1 Å². The molecule has 0 bridgehead atoms. The summed E-state index contributed by atoms with van der Waals surface area (Å²) in [7, 11) is 3.47. The molecule has 0 unspecified atom stereocenters. The second kappa shape index (κ2) is 9.80. The number of ether oxygens (including phenoxy) is 1. The summed E-state index contributed by atoms with van der Waals surface area (Å²) < 4.78 is 7.34. The first-order valence-electron chi connectivity index (χ1n) is 9.70. The largest absolute Gasteiger partial charge is 0.497 e. The molecule has 0 saturated heterocycles. The smallest absolute Gasteiger partial charge is 0.233 e. The van der Waals surface area contributed by atoms with Gasteiger partial charge in [-0.25, -0.2) is 0 Å². The molecule has 2 aromatic heterocycles. The van der Waals surface area contributed by atoms with Gasteiger partial charge in [-0.05, 0) is 35.7 Å². The lowest BCUT2D eigenvalue weighted by molar-refractivity contribution is -0.127. The molecule has 0 N–H and O–H groups in total. The third-order valence-electron chi connectivity index (χ3n) is 4.70. The van der Waals surface area contributed by atoms with E-state index in [-0.39, 0.29) is 11.7 Å². The number of methoxy groups -OCH3 is 1. The lowest BCUT2D eigenvalue weighted by Gasteiger charge is -2.16. The van der Waals surface area contributed by atoms with Gasteiger partial charge >= 0.3 is 0 Å². The third kappa shape index (κ3) is 4.98. The van der Waals surface area contributed by atoms with Crippen molar-refractivity contribution in [2.45, 2.75) is 11.7 Å². The van der Waals surface area contributed by atoms with E-state index in [4.69, 9.17) is 4.74 Å². The van der Waals surface area contributed by atoms with Crippen molar-refractivity contribution in [3.8, 4) is 22.8 Å². The Balaban J connectivity index is 1.59. The number of hydrogen-bond acceptors (Lipinski definition) is 6. The van der Waals surface area contributed by atoms with Gasteiger partial charge in [0.05, 0.1) is 19.4 Å². The minimum Gasteiger partial charge on any atom is -0.497 e. The van der Waals surface area contributed by atoms with Crippen LogP contribution in [0.15, 0.2) is 77.3 Å². The van der Waals surface area contributed by atoms with E-state index in [1.807, 2.05) is 83.7 Å². The van der Waals surface area contributed by atoms with Crippen molar-refractivity contribution in [2.24, 2.45) is 0 Å². The first-order valence-corrected chi connectivity index (χ1v) is 11.6. The highest BCUT2D eigenvalue weighted by molar-refractivity contribution is 7.99. The predicted molar refractivity (Wildman–Crippen MR) is 125 cm³/mol. The van der Waals surface area contributed by atoms with Crippen LogP contribution in [0.2, 0.25) is 0 Å². The van der Waals surface area contributed by atoms with Crippen molar-refractivity contribution in [3.05, 3.63) is 77.0 Å². The number of hydrogen-bond donors (Lipinski definition) is 0. The van der Waals surface area contributed by atoms with E-state index in [9.17, 15) is 4.79 Å². The van der Waals surface area contributed by atoms with Crippen molar-refractivity contribution in [1.82, 2.24) is 19.7 Å². The van der Waals surface area contributed by atoms with E-state index < -0.39 is 0 Å². The normalized spacial score (nSPS) is 10.8. The van der Waals surface area contributed by atoms with Gasteiger partial charge in [0, 0.05) is 23.2 Å². The summed E-state index contributed by atoms with van der Waals surface area (Å²) in [5.74, 6) is 1.78. The van der Waals surface area contributed by atoms with E-state index in [0.29, 0.717) is 17.5 Å². The Morgan fingerprint density at radius 2 is 1.94 bits per heavy atom. The molecule has 158 valence electrons. The summed E-state index contributed by atoms with van der Waals surface area (Å²) in [4.78, 5) is 15.6. The molecule has 2 aromatic carbocycles. The first kappa shape index (κ1) is 21.1. The molecule has 0 spiro atoms. The van der Waals surface area contributed by atoms with Crippen LogP contribution in [0.4, 0.5) is 0 Å². The first-order chi connectivity index (χ1) is 15.2. The van der Waals surface area contributed by atoms with Crippen LogP contribution in [0.5, 0.6) is 5.75 Å². The monoisotopic (exact) mass is 450 g/mol. The molecular formula is C23H22N4O2S2. The zero-order chi connectivity index (χ0) is 21.6. The summed E-state index contributed by atoms with van der Waals surface area (Å²) in [5, 5.41) is 11.5. The van der Waals surface area contributed by atoms with E-state index in [1.165, 1.54) is 11.8 Å². The lowest BCUT2D eigenvalue weighted by atomic mass is 10.2.